The maximum absolute atomic E-state index is 12.6. The molecule has 30 heavy (non-hydrogen) atoms. The number of carbonyl (C=O) groups excluding carboxylic acids is 1. The van der Waals surface area contributed by atoms with E-state index in [1.54, 1.807) is 19.4 Å². The lowest BCUT2D eigenvalue weighted by Gasteiger charge is -2.34. The molecule has 0 unspecified atom stereocenters. The van der Waals surface area contributed by atoms with Crippen LogP contribution < -0.4 is 15.5 Å². The van der Waals surface area contributed by atoms with E-state index in [-0.39, 0.29) is 5.91 Å². The van der Waals surface area contributed by atoms with Crippen molar-refractivity contribution in [3.8, 4) is 0 Å². The fraction of sp³-hybridized carbons (Fsp3) is 0.727. The second kappa shape index (κ2) is 11.1. The number of nitrogens with zero attached hydrogens (tertiary/aromatic N) is 5. The van der Waals surface area contributed by atoms with Crippen molar-refractivity contribution in [3.63, 3.8) is 0 Å². The van der Waals surface area contributed by atoms with Gasteiger partial charge in [0.15, 0.2) is 5.96 Å². The van der Waals surface area contributed by atoms with Crippen LogP contribution in [0.4, 0.5) is 5.95 Å². The molecule has 0 bridgehead atoms. The molecule has 1 aromatic rings. The van der Waals surface area contributed by atoms with Crippen LogP contribution in [0.5, 0.6) is 0 Å². The lowest BCUT2D eigenvalue weighted by Crippen LogP contribution is -2.50. The molecule has 166 valence electrons. The topological polar surface area (TPSA) is 85.8 Å². The van der Waals surface area contributed by atoms with Crippen LogP contribution in [-0.2, 0) is 4.79 Å². The lowest BCUT2D eigenvalue weighted by molar-refractivity contribution is -0.131. The fourth-order valence-corrected chi connectivity index (χ4v) is 4.37. The van der Waals surface area contributed by atoms with Crippen molar-refractivity contribution >= 4 is 17.8 Å². The minimum Gasteiger partial charge on any atom is -0.356 e. The molecule has 2 N–H and O–H groups in total. The number of piperazine rings is 1. The molecule has 8 nitrogen and oxygen atoms in total. The molecular weight excluding hydrogens is 378 g/mol. The average Bonchev–Trinajstić information content (AvgIpc) is 2.79. The molecule has 1 aliphatic carbocycles. The molecule has 8 heteroatoms. The van der Waals surface area contributed by atoms with E-state index in [9.17, 15) is 4.79 Å². The van der Waals surface area contributed by atoms with Gasteiger partial charge in [0.05, 0.1) is 0 Å². The molecule has 1 aliphatic heterocycles. The number of amides is 1. The van der Waals surface area contributed by atoms with Gasteiger partial charge in [-0.1, -0.05) is 13.8 Å². The molecular formula is C22H37N7O. The number of hydrogen-bond acceptors (Lipinski definition) is 5. The molecule has 2 heterocycles. The first-order valence-electron chi connectivity index (χ1n) is 11.3. The standard InChI is InChI=1S/C22H37N7O/c1-17(2)18-5-7-19(8-6-18)27-21(23-3)24-12-9-20(30)28-13-15-29(16-14-28)22-25-10-4-11-26-22/h4,10-11,17-19H,5-9,12-16H2,1-3H3,(H2,23,24,27). The van der Waals surface area contributed by atoms with Gasteiger partial charge in [-0.15, -0.1) is 0 Å². The van der Waals surface area contributed by atoms with Crippen molar-refractivity contribution in [2.75, 3.05) is 44.7 Å². The van der Waals surface area contributed by atoms with Crippen molar-refractivity contribution < 1.29 is 4.79 Å². The summed E-state index contributed by atoms with van der Waals surface area (Å²) in [6, 6.07) is 2.30. The highest BCUT2D eigenvalue weighted by Gasteiger charge is 2.24. The van der Waals surface area contributed by atoms with Crippen molar-refractivity contribution in [2.45, 2.75) is 52.0 Å². The summed E-state index contributed by atoms with van der Waals surface area (Å²) in [7, 11) is 1.79. The third-order valence-corrected chi connectivity index (χ3v) is 6.38. The van der Waals surface area contributed by atoms with Crippen LogP contribution in [0.2, 0.25) is 0 Å². The van der Waals surface area contributed by atoms with Gasteiger partial charge >= 0.3 is 0 Å². The summed E-state index contributed by atoms with van der Waals surface area (Å²) >= 11 is 0. The number of carbonyl (C=O) groups is 1. The number of anilines is 1. The van der Waals surface area contributed by atoms with Crippen LogP contribution >= 0.6 is 0 Å². The summed E-state index contributed by atoms with van der Waals surface area (Å²) in [4.78, 5) is 29.6. The predicted molar refractivity (Wildman–Crippen MR) is 121 cm³/mol. The molecule has 1 saturated heterocycles. The molecule has 0 spiro atoms. The average molecular weight is 416 g/mol. The number of nitrogens with one attached hydrogen (secondary N) is 2. The third-order valence-electron chi connectivity index (χ3n) is 6.38. The van der Waals surface area contributed by atoms with Crippen LogP contribution in [0.1, 0.15) is 46.0 Å². The molecule has 3 rings (SSSR count). The predicted octanol–water partition coefficient (Wildman–Crippen LogP) is 1.90. The van der Waals surface area contributed by atoms with E-state index in [4.69, 9.17) is 0 Å². The van der Waals surface area contributed by atoms with Gasteiger partial charge in [0.25, 0.3) is 0 Å². The van der Waals surface area contributed by atoms with Crippen molar-refractivity contribution in [3.05, 3.63) is 18.5 Å². The summed E-state index contributed by atoms with van der Waals surface area (Å²) in [5, 5.41) is 6.85. The number of aromatic nitrogens is 2. The number of rotatable bonds is 6. The number of guanidine groups is 1. The minimum absolute atomic E-state index is 0.184. The van der Waals surface area contributed by atoms with Crippen molar-refractivity contribution in [2.24, 2.45) is 16.8 Å². The van der Waals surface area contributed by atoms with Gasteiger partial charge < -0.3 is 20.4 Å². The third kappa shape index (κ3) is 6.31. The molecule has 0 radical (unpaired) electrons. The first-order valence-corrected chi connectivity index (χ1v) is 11.3. The molecule has 2 aliphatic rings. The monoisotopic (exact) mass is 415 g/mol. The fourth-order valence-electron chi connectivity index (χ4n) is 4.37. The zero-order chi connectivity index (χ0) is 21.3. The minimum atomic E-state index is 0.184. The second-order valence-corrected chi connectivity index (χ2v) is 8.67. The van der Waals surface area contributed by atoms with E-state index in [1.807, 2.05) is 11.0 Å². The van der Waals surface area contributed by atoms with Gasteiger partial charge in [0.2, 0.25) is 11.9 Å². The Morgan fingerprint density at radius 1 is 1.13 bits per heavy atom. The first-order chi connectivity index (χ1) is 14.6. The van der Waals surface area contributed by atoms with Crippen LogP contribution in [0.15, 0.2) is 23.5 Å². The summed E-state index contributed by atoms with van der Waals surface area (Å²) < 4.78 is 0. The van der Waals surface area contributed by atoms with E-state index >= 15 is 0 Å². The smallest absolute Gasteiger partial charge is 0.225 e. The molecule has 1 aromatic heterocycles. The number of aliphatic imine (C=N–C) groups is 1. The largest absolute Gasteiger partial charge is 0.356 e. The highest BCUT2D eigenvalue weighted by molar-refractivity contribution is 5.81. The van der Waals surface area contributed by atoms with Crippen molar-refractivity contribution in [1.82, 2.24) is 25.5 Å². The molecule has 1 amide bonds. The summed E-state index contributed by atoms with van der Waals surface area (Å²) in [6.07, 6.45) is 8.93. The van der Waals surface area contributed by atoms with Crippen LogP contribution in [0, 0.1) is 11.8 Å². The summed E-state index contributed by atoms with van der Waals surface area (Å²) in [6.45, 7) is 8.21. The molecule has 1 saturated carbocycles. The zero-order valence-corrected chi connectivity index (χ0v) is 18.7. The Kier molecular flexibility index (Phi) is 8.28. The summed E-state index contributed by atoms with van der Waals surface area (Å²) in [5.74, 6) is 3.36. The quantitative estimate of drug-likeness (QED) is 0.545. The van der Waals surface area contributed by atoms with Crippen LogP contribution in [0.25, 0.3) is 0 Å². The van der Waals surface area contributed by atoms with E-state index in [0.29, 0.717) is 32.1 Å². The van der Waals surface area contributed by atoms with E-state index in [2.05, 4.69) is 44.3 Å². The Balaban J connectivity index is 1.34. The lowest BCUT2D eigenvalue weighted by atomic mass is 9.80. The highest BCUT2D eigenvalue weighted by atomic mass is 16.2. The number of hydrogen-bond donors (Lipinski definition) is 2. The van der Waals surface area contributed by atoms with E-state index < -0.39 is 0 Å². The van der Waals surface area contributed by atoms with Gasteiger partial charge in [0, 0.05) is 64.6 Å². The Bertz CT molecular complexity index is 678. The maximum atomic E-state index is 12.6. The summed E-state index contributed by atoms with van der Waals surface area (Å²) in [5.41, 5.74) is 0. The molecule has 2 fully saturated rings. The molecule has 0 aromatic carbocycles. The Morgan fingerprint density at radius 2 is 1.80 bits per heavy atom. The van der Waals surface area contributed by atoms with Crippen LogP contribution in [0.3, 0.4) is 0 Å². The van der Waals surface area contributed by atoms with E-state index in [1.165, 1.54) is 25.7 Å². The van der Waals surface area contributed by atoms with Gasteiger partial charge in [-0.3, -0.25) is 9.79 Å². The normalized spacial score (nSPS) is 22.9. The Hall–Kier alpha value is -2.38. The first kappa shape index (κ1) is 22.3. The SMILES string of the molecule is CN=C(NCCC(=O)N1CCN(c2ncccn2)CC1)NC1CCC(C(C)C)CC1. The van der Waals surface area contributed by atoms with Gasteiger partial charge in [-0.2, -0.15) is 0 Å². The van der Waals surface area contributed by atoms with Gasteiger partial charge in [0.1, 0.15) is 0 Å². The Labute approximate surface area is 180 Å². The van der Waals surface area contributed by atoms with Gasteiger partial charge in [-0.25, -0.2) is 9.97 Å². The Morgan fingerprint density at radius 3 is 2.40 bits per heavy atom. The van der Waals surface area contributed by atoms with Crippen molar-refractivity contribution in [1.29, 1.82) is 0 Å². The van der Waals surface area contributed by atoms with Crippen LogP contribution in [-0.4, -0.2) is 72.5 Å². The maximum Gasteiger partial charge on any atom is 0.225 e. The highest BCUT2D eigenvalue weighted by Crippen LogP contribution is 2.29. The van der Waals surface area contributed by atoms with Gasteiger partial charge in [-0.05, 0) is 43.6 Å². The molecule has 0 atom stereocenters. The second-order valence-electron chi connectivity index (χ2n) is 8.67. The van der Waals surface area contributed by atoms with E-state index in [0.717, 1.165) is 36.8 Å². The zero-order valence-electron chi connectivity index (χ0n) is 18.7.